The van der Waals surface area contributed by atoms with Gasteiger partial charge in [0.25, 0.3) is 11.8 Å². The molecule has 2 atom stereocenters. The van der Waals surface area contributed by atoms with Crippen molar-refractivity contribution in [3.05, 3.63) is 59.7 Å². The lowest BCUT2D eigenvalue weighted by molar-refractivity contribution is 0.0946. The molecule has 2 aliphatic carbocycles. The third kappa shape index (κ3) is 7.72. The van der Waals surface area contributed by atoms with Gasteiger partial charge in [-0.15, -0.1) is 0 Å². The van der Waals surface area contributed by atoms with Crippen molar-refractivity contribution in [2.24, 2.45) is 22.0 Å². The third-order valence-electron chi connectivity index (χ3n) is 5.91. The van der Waals surface area contributed by atoms with Gasteiger partial charge in [-0.25, -0.2) is 10.9 Å². The Hall–Kier alpha value is -3.68. The molecule has 0 radical (unpaired) electrons. The average molecular weight is 465 g/mol. The number of phenols is 2. The largest absolute Gasteiger partial charge is 0.508 e. The number of benzene rings is 2. The van der Waals surface area contributed by atoms with E-state index in [1.807, 2.05) is 0 Å². The fraction of sp³-hybridized carbons (Fsp3) is 0.385. The zero-order valence-corrected chi connectivity index (χ0v) is 19.6. The zero-order chi connectivity index (χ0) is 24.5. The molecule has 2 saturated carbocycles. The molecule has 2 aromatic carbocycles. The minimum Gasteiger partial charge on any atom is -0.508 e. The predicted octanol–water partition coefficient (Wildman–Crippen LogP) is 4.60. The van der Waals surface area contributed by atoms with Crippen molar-refractivity contribution < 1.29 is 19.8 Å². The van der Waals surface area contributed by atoms with E-state index in [2.05, 4.69) is 34.9 Å². The summed E-state index contributed by atoms with van der Waals surface area (Å²) in [4.78, 5) is 23.4. The van der Waals surface area contributed by atoms with E-state index in [0.717, 1.165) is 49.9 Å². The van der Waals surface area contributed by atoms with Crippen molar-refractivity contribution in [3.8, 4) is 11.5 Å². The van der Waals surface area contributed by atoms with Crippen LogP contribution in [0.1, 0.15) is 73.1 Å². The molecule has 0 spiro atoms. The van der Waals surface area contributed by atoms with Crippen molar-refractivity contribution in [1.29, 1.82) is 0 Å². The average Bonchev–Trinajstić information content (AvgIpc) is 3.44. The van der Waals surface area contributed by atoms with Crippen LogP contribution in [0.15, 0.2) is 58.7 Å². The summed E-state index contributed by atoms with van der Waals surface area (Å²) in [7, 11) is 0. The van der Waals surface area contributed by atoms with Crippen LogP contribution < -0.4 is 10.9 Å². The van der Waals surface area contributed by atoms with Gasteiger partial charge in [-0.1, -0.05) is 13.8 Å². The van der Waals surface area contributed by atoms with Gasteiger partial charge in [-0.3, -0.25) is 9.59 Å². The number of nitrogens with zero attached hydrogens (tertiary/aromatic N) is 2. The summed E-state index contributed by atoms with van der Waals surface area (Å²) in [6, 6.07) is 12.2. The van der Waals surface area contributed by atoms with E-state index in [-0.39, 0.29) is 23.3 Å². The van der Waals surface area contributed by atoms with Gasteiger partial charge < -0.3 is 10.2 Å². The summed E-state index contributed by atoms with van der Waals surface area (Å²) in [5.41, 5.74) is 8.21. The number of amides is 2. The number of carbonyl (C=O) groups is 2. The Bertz CT molecular complexity index is 960. The lowest BCUT2D eigenvalue weighted by Gasteiger charge is -2.01. The number of aromatic hydroxyl groups is 2. The zero-order valence-electron chi connectivity index (χ0n) is 19.6. The SMILES string of the molecule is C[C@@H]1CC/C(=N\NC(=O)c2ccc(O)cc2)C1.C[C@@H]1CC/C(=N\NC(=O)c2ccc(O)cc2)C1. The topological polar surface area (TPSA) is 123 Å². The maximum atomic E-state index is 11.7. The van der Waals surface area contributed by atoms with E-state index in [4.69, 9.17) is 10.2 Å². The summed E-state index contributed by atoms with van der Waals surface area (Å²) in [6.07, 6.45) is 6.17. The smallest absolute Gasteiger partial charge is 0.271 e. The van der Waals surface area contributed by atoms with Gasteiger partial charge in [0, 0.05) is 22.6 Å². The standard InChI is InChI=1S/2C13H16N2O2/c2*1-9-2-5-11(8-9)14-15-13(17)10-3-6-12(16)7-4-10/h2*3-4,6-7,9,16H,2,5,8H2,1H3,(H,15,17)/b2*14-11+/t2*9-/m11/s1. The fourth-order valence-corrected chi connectivity index (χ4v) is 3.86. The van der Waals surface area contributed by atoms with E-state index >= 15 is 0 Å². The Morgan fingerprint density at radius 1 is 0.706 bits per heavy atom. The van der Waals surface area contributed by atoms with E-state index in [9.17, 15) is 9.59 Å². The highest BCUT2D eigenvalue weighted by Gasteiger charge is 2.17. The molecule has 0 unspecified atom stereocenters. The van der Waals surface area contributed by atoms with E-state index in [1.54, 1.807) is 24.3 Å². The number of nitrogens with one attached hydrogen (secondary N) is 2. The molecule has 4 N–H and O–H groups in total. The quantitative estimate of drug-likeness (QED) is 0.494. The van der Waals surface area contributed by atoms with Crippen molar-refractivity contribution >= 4 is 23.2 Å². The second-order valence-corrected chi connectivity index (χ2v) is 9.03. The van der Waals surface area contributed by atoms with Gasteiger partial charge in [-0.2, -0.15) is 10.2 Å². The van der Waals surface area contributed by atoms with Crippen LogP contribution in [-0.4, -0.2) is 33.5 Å². The lowest BCUT2D eigenvalue weighted by Crippen LogP contribution is -2.18. The van der Waals surface area contributed by atoms with E-state index in [1.165, 1.54) is 24.3 Å². The van der Waals surface area contributed by atoms with Crippen molar-refractivity contribution in [3.63, 3.8) is 0 Å². The summed E-state index contributed by atoms with van der Waals surface area (Å²) >= 11 is 0. The van der Waals surface area contributed by atoms with Crippen LogP contribution in [0.5, 0.6) is 11.5 Å². The molecule has 0 aromatic heterocycles. The Morgan fingerprint density at radius 3 is 1.35 bits per heavy atom. The van der Waals surface area contributed by atoms with Gasteiger partial charge in [-0.05, 0) is 98.9 Å². The minimum atomic E-state index is -0.239. The van der Waals surface area contributed by atoms with Gasteiger partial charge in [0.05, 0.1) is 0 Å². The maximum absolute atomic E-state index is 11.7. The molecular formula is C26H32N4O4. The van der Waals surface area contributed by atoms with Crippen molar-refractivity contribution in [2.45, 2.75) is 52.4 Å². The highest BCUT2D eigenvalue weighted by Crippen LogP contribution is 2.22. The molecule has 0 saturated heterocycles. The van der Waals surface area contributed by atoms with E-state index < -0.39 is 0 Å². The lowest BCUT2D eigenvalue weighted by atomic mass is 10.1. The number of hydrazone groups is 2. The molecule has 0 bridgehead atoms. The number of phenolic OH excluding ortho intramolecular Hbond substituents is 2. The maximum Gasteiger partial charge on any atom is 0.271 e. The molecule has 0 heterocycles. The molecule has 8 heteroatoms. The highest BCUT2D eigenvalue weighted by molar-refractivity contribution is 5.96. The fourth-order valence-electron chi connectivity index (χ4n) is 3.86. The van der Waals surface area contributed by atoms with Gasteiger partial charge in [0.2, 0.25) is 0 Å². The van der Waals surface area contributed by atoms with Crippen LogP contribution in [0.4, 0.5) is 0 Å². The molecule has 34 heavy (non-hydrogen) atoms. The Morgan fingerprint density at radius 2 is 1.06 bits per heavy atom. The molecular weight excluding hydrogens is 432 g/mol. The van der Waals surface area contributed by atoms with Crippen molar-refractivity contribution in [2.75, 3.05) is 0 Å². The van der Waals surface area contributed by atoms with Gasteiger partial charge >= 0.3 is 0 Å². The minimum absolute atomic E-state index is 0.150. The van der Waals surface area contributed by atoms with Crippen LogP contribution in [0.25, 0.3) is 0 Å². The summed E-state index contributed by atoms with van der Waals surface area (Å²) < 4.78 is 0. The molecule has 4 rings (SSSR count). The van der Waals surface area contributed by atoms with Crippen molar-refractivity contribution in [1.82, 2.24) is 10.9 Å². The van der Waals surface area contributed by atoms with Crippen LogP contribution in [0, 0.1) is 11.8 Å². The predicted molar refractivity (Wildman–Crippen MR) is 132 cm³/mol. The van der Waals surface area contributed by atoms with Gasteiger partial charge in [0.1, 0.15) is 11.5 Å². The second kappa shape index (κ2) is 12.0. The summed E-state index contributed by atoms with van der Waals surface area (Å²) in [6.45, 7) is 4.37. The number of rotatable bonds is 4. The molecule has 8 nitrogen and oxygen atoms in total. The van der Waals surface area contributed by atoms with Gasteiger partial charge in [0.15, 0.2) is 0 Å². The molecule has 2 fully saturated rings. The summed E-state index contributed by atoms with van der Waals surface area (Å²) in [5.74, 6) is 1.16. The molecule has 2 aliphatic rings. The third-order valence-corrected chi connectivity index (χ3v) is 5.91. The monoisotopic (exact) mass is 464 g/mol. The van der Waals surface area contributed by atoms with Crippen LogP contribution in [0.2, 0.25) is 0 Å². The first-order valence-electron chi connectivity index (χ1n) is 11.6. The first-order valence-corrected chi connectivity index (χ1v) is 11.6. The highest BCUT2D eigenvalue weighted by atomic mass is 16.3. The molecule has 2 aromatic rings. The van der Waals surface area contributed by atoms with Crippen LogP contribution in [-0.2, 0) is 0 Å². The molecule has 180 valence electrons. The number of hydrogen-bond donors (Lipinski definition) is 4. The first kappa shape index (κ1) is 25.0. The second-order valence-electron chi connectivity index (χ2n) is 9.03. The summed E-state index contributed by atoms with van der Waals surface area (Å²) in [5, 5.41) is 26.5. The Kier molecular flexibility index (Phi) is 8.79. The molecule has 2 amide bonds. The first-order chi connectivity index (χ1) is 16.3. The Labute approximate surface area is 199 Å². The molecule has 0 aliphatic heterocycles. The van der Waals surface area contributed by atoms with Crippen LogP contribution >= 0.6 is 0 Å². The number of hydrogen-bond acceptors (Lipinski definition) is 6. The van der Waals surface area contributed by atoms with Crippen LogP contribution in [0.3, 0.4) is 0 Å². The normalized spacial score (nSPS) is 21.7. The Balaban J connectivity index is 0.000000191. The van der Waals surface area contributed by atoms with E-state index in [0.29, 0.717) is 23.0 Å². The number of carbonyl (C=O) groups excluding carboxylic acids is 2.